The Balaban J connectivity index is 0.00000220. The second kappa shape index (κ2) is 9.72. The Morgan fingerprint density at radius 1 is 1.10 bits per heavy atom. The van der Waals surface area contributed by atoms with Crippen molar-refractivity contribution in [2.75, 3.05) is 20.7 Å². The molecule has 0 amide bonds. The molecule has 0 atom stereocenters. The number of para-hydroxylation sites is 1. The summed E-state index contributed by atoms with van der Waals surface area (Å²) in [7, 11) is 3.71. The van der Waals surface area contributed by atoms with E-state index in [-0.39, 0.29) is 12.4 Å². The first-order valence-corrected chi connectivity index (χ1v) is 7.69. The summed E-state index contributed by atoms with van der Waals surface area (Å²) in [6.07, 6.45) is 2.28. The summed E-state index contributed by atoms with van der Waals surface area (Å²) < 4.78 is 5.40. The molecular weight excluding hydrogens is 302 g/mol. The molecule has 0 aromatic heterocycles. The lowest BCUT2D eigenvalue weighted by atomic mass is 10.1. The van der Waals surface area contributed by atoms with Crippen molar-refractivity contribution in [3.8, 4) is 5.75 Å². The fourth-order valence-corrected chi connectivity index (χ4v) is 3.07. The molecule has 0 unspecified atom stereocenters. The van der Waals surface area contributed by atoms with Crippen molar-refractivity contribution in [2.24, 2.45) is 0 Å². The van der Waals surface area contributed by atoms with Gasteiger partial charge in [0.1, 0.15) is 5.75 Å². The molecule has 0 saturated heterocycles. The first kappa shape index (κ1) is 17.9. The maximum atomic E-state index is 5.40. The van der Waals surface area contributed by atoms with Gasteiger partial charge in [-0.2, -0.15) is 0 Å². The molecule has 0 aliphatic carbocycles. The van der Waals surface area contributed by atoms with E-state index in [1.807, 2.05) is 25.2 Å². The second-order valence-electron chi connectivity index (χ2n) is 4.61. The molecule has 2 rings (SSSR count). The van der Waals surface area contributed by atoms with Gasteiger partial charge in [-0.1, -0.05) is 36.0 Å². The van der Waals surface area contributed by atoms with Crippen LogP contribution in [-0.4, -0.2) is 20.7 Å². The fourth-order valence-electron chi connectivity index (χ4n) is 2.06. The van der Waals surface area contributed by atoms with Gasteiger partial charge in [-0.3, -0.25) is 0 Å². The van der Waals surface area contributed by atoms with Crippen LogP contribution in [0.1, 0.15) is 12.0 Å². The lowest BCUT2D eigenvalue weighted by Crippen LogP contribution is -2.08. The zero-order valence-corrected chi connectivity index (χ0v) is 14.1. The lowest BCUT2D eigenvalue weighted by molar-refractivity contribution is 0.405. The van der Waals surface area contributed by atoms with Crippen molar-refractivity contribution in [1.29, 1.82) is 0 Å². The second-order valence-corrected chi connectivity index (χ2v) is 5.72. The molecule has 2 nitrogen and oxygen atoms in total. The Hall–Kier alpha value is -1.16. The highest BCUT2D eigenvalue weighted by Crippen LogP contribution is 2.34. The standard InChI is InChI=1S/C17H21NOS.ClH/c1-18-12-6-8-14-7-5-9-15(13-14)20-17-11-4-3-10-16(17)19-2;/h3-5,7,9-11,13,18H,6,8,12H2,1-2H3;1H. The Morgan fingerprint density at radius 2 is 1.90 bits per heavy atom. The van der Waals surface area contributed by atoms with Gasteiger partial charge in [0, 0.05) is 4.90 Å². The summed E-state index contributed by atoms with van der Waals surface area (Å²) in [5.41, 5.74) is 1.39. The highest BCUT2D eigenvalue weighted by atomic mass is 35.5. The van der Waals surface area contributed by atoms with E-state index < -0.39 is 0 Å². The number of nitrogens with one attached hydrogen (secondary N) is 1. The molecule has 0 heterocycles. The molecule has 21 heavy (non-hydrogen) atoms. The number of halogens is 1. The molecule has 0 aliphatic rings. The quantitative estimate of drug-likeness (QED) is 0.762. The monoisotopic (exact) mass is 323 g/mol. The van der Waals surface area contributed by atoms with Gasteiger partial charge in [0.05, 0.1) is 12.0 Å². The molecule has 4 heteroatoms. The van der Waals surface area contributed by atoms with E-state index in [0.29, 0.717) is 0 Å². The first-order chi connectivity index (χ1) is 9.83. The number of methoxy groups -OCH3 is 1. The van der Waals surface area contributed by atoms with Crippen LogP contribution in [-0.2, 0) is 6.42 Å². The Labute approximate surface area is 137 Å². The maximum Gasteiger partial charge on any atom is 0.132 e. The third-order valence-corrected chi connectivity index (χ3v) is 4.13. The van der Waals surface area contributed by atoms with Gasteiger partial charge in [-0.05, 0) is 56.3 Å². The van der Waals surface area contributed by atoms with Crippen LogP contribution >= 0.6 is 24.2 Å². The molecule has 0 fully saturated rings. The Kier molecular flexibility index (Phi) is 8.28. The Bertz CT molecular complexity index is 548. The SMILES string of the molecule is CNCCCc1cccc(Sc2ccccc2OC)c1.Cl. The van der Waals surface area contributed by atoms with Crippen molar-refractivity contribution in [3.63, 3.8) is 0 Å². The average molecular weight is 324 g/mol. The van der Waals surface area contributed by atoms with E-state index in [9.17, 15) is 0 Å². The fraction of sp³-hybridized carbons (Fsp3) is 0.294. The average Bonchev–Trinajstić information content (AvgIpc) is 2.48. The van der Waals surface area contributed by atoms with Crippen LogP contribution < -0.4 is 10.1 Å². The molecule has 0 bridgehead atoms. The van der Waals surface area contributed by atoms with Gasteiger partial charge >= 0.3 is 0 Å². The number of hydrogen-bond acceptors (Lipinski definition) is 3. The highest BCUT2D eigenvalue weighted by molar-refractivity contribution is 7.99. The van der Waals surface area contributed by atoms with Gasteiger partial charge in [0.2, 0.25) is 0 Å². The van der Waals surface area contributed by atoms with Crippen molar-refractivity contribution < 1.29 is 4.74 Å². The molecule has 0 spiro atoms. The van der Waals surface area contributed by atoms with Crippen molar-refractivity contribution in [3.05, 3.63) is 54.1 Å². The first-order valence-electron chi connectivity index (χ1n) is 6.88. The summed E-state index contributed by atoms with van der Waals surface area (Å²) >= 11 is 1.75. The van der Waals surface area contributed by atoms with Gasteiger partial charge in [-0.15, -0.1) is 12.4 Å². The van der Waals surface area contributed by atoms with Crippen LogP contribution in [0.25, 0.3) is 0 Å². The third kappa shape index (κ3) is 5.62. The summed E-state index contributed by atoms with van der Waals surface area (Å²) in [6.45, 7) is 1.06. The minimum atomic E-state index is 0. The number of benzene rings is 2. The van der Waals surface area contributed by atoms with Crippen LogP contribution in [0.2, 0.25) is 0 Å². The van der Waals surface area contributed by atoms with Gasteiger partial charge in [-0.25, -0.2) is 0 Å². The lowest BCUT2D eigenvalue weighted by Gasteiger charge is -2.09. The van der Waals surface area contributed by atoms with Gasteiger partial charge in [0.25, 0.3) is 0 Å². The predicted molar refractivity (Wildman–Crippen MR) is 93.1 cm³/mol. The van der Waals surface area contributed by atoms with E-state index in [1.54, 1.807) is 18.9 Å². The van der Waals surface area contributed by atoms with E-state index >= 15 is 0 Å². The molecule has 0 saturated carbocycles. The Morgan fingerprint density at radius 3 is 2.67 bits per heavy atom. The number of hydrogen-bond donors (Lipinski definition) is 1. The molecule has 1 N–H and O–H groups in total. The minimum absolute atomic E-state index is 0. The van der Waals surface area contributed by atoms with E-state index in [2.05, 4.69) is 35.6 Å². The topological polar surface area (TPSA) is 21.3 Å². The molecule has 2 aromatic carbocycles. The minimum Gasteiger partial charge on any atom is -0.496 e. The molecule has 0 radical (unpaired) electrons. The molecule has 114 valence electrons. The molecule has 0 aliphatic heterocycles. The number of rotatable bonds is 7. The van der Waals surface area contributed by atoms with Gasteiger partial charge in [0.15, 0.2) is 0 Å². The van der Waals surface area contributed by atoms with Crippen molar-refractivity contribution in [2.45, 2.75) is 22.6 Å². The van der Waals surface area contributed by atoms with Crippen molar-refractivity contribution >= 4 is 24.2 Å². The highest BCUT2D eigenvalue weighted by Gasteiger charge is 2.04. The van der Waals surface area contributed by atoms with Crippen LogP contribution in [0, 0.1) is 0 Å². The molecular formula is C17H22ClNOS. The van der Waals surface area contributed by atoms with Crippen LogP contribution in [0.5, 0.6) is 5.75 Å². The third-order valence-electron chi connectivity index (χ3n) is 3.09. The number of aryl methyl sites for hydroxylation is 1. The van der Waals surface area contributed by atoms with Crippen LogP contribution in [0.4, 0.5) is 0 Å². The zero-order chi connectivity index (χ0) is 14.2. The van der Waals surface area contributed by atoms with Gasteiger partial charge < -0.3 is 10.1 Å². The van der Waals surface area contributed by atoms with Crippen LogP contribution in [0.3, 0.4) is 0 Å². The summed E-state index contributed by atoms with van der Waals surface area (Å²) in [5, 5.41) is 3.19. The van der Waals surface area contributed by atoms with E-state index in [0.717, 1.165) is 23.6 Å². The smallest absolute Gasteiger partial charge is 0.132 e. The molecule has 2 aromatic rings. The predicted octanol–water partition coefficient (Wildman–Crippen LogP) is 4.42. The number of ether oxygens (including phenoxy) is 1. The zero-order valence-electron chi connectivity index (χ0n) is 12.5. The summed E-state index contributed by atoms with van der Waals surface area (Å²) in [5.74, 6) is 0.929. The van der Waals surface area contributed by atoms with E-state index in [4.69, 9.17) is 4.74 Å². The van der Waals surface area contributed by atoms with Crippen LogP contribution in [0.15, 0.2) is 58.3 Å². The van der Waals surface area contributed by atoms with Crippen molar-refractivity contribution in [1.82, 2.24) is 5.32 Å². The maximum absolute atomic E-state index is 5.40. The largest absolute Gasteiger partial charge is 0.496 e. The van der Waals surface area contributed by atoms with E-state index in [1.165, 1.54) is 16.9 Å². The normalized spacial score (nSPS) is 10.0. The summed E-state index contributed by atoms with van der Waals surface area (Å²) in [6, 6.07) is 16.9. The summed E-state index contributed by atoms with van der Waals surface area (Å²) in [4.78, 5) is 2.42.